The van der Waals surface area contributed by atoms with Gasteiger partial charge in [0.1, 0.15) is 0 Å². The van der Waals surface area contributed by atoms with E-state index in [-0.39, 0.29) is 17.2 Å². The van der Waals surface area contributed by atoms with Gasteiger partial charge in [-0.15, -0.1) is 0 Å². The van der Waals surface area contributed by atoms with Gasteiger partial charge in [0.2, 0.25) is 15.9 Å². The predicted molar refractivity (Wildman–Crippen MR) is 86.0 cm³/mol. The van der Waals surface area contributed by atoms with E-state index < -0.39 is 10.0 Å². The molecule has 0 unspecified atom stereocenters. The first kappa shape index (κ1) is 16.2. The lowest BCUT2D eigenvalue weighted by molar-refractivity contribution is -0.115. The first-order chi connectivity index (χ1) is 10.4. The van der Waals surface area contributed by atoms with Gasteiger partial charge in [-0.2, -0.15) is 0 Å². The molecule has 0 fully saturated rings. The summed E-state index contributed by atoms with van der Waals surface area (Å²) in [7, 11) is -3.72. The third-order valence-electron chi connectivity index (χ3n) is 3.26. The molecule has 0 aliphatic carbocycles. The van der Waals surface area contributed by atoms with Gasteiger partial charge in [-0.3, -0.25) is 4.79 Å². The quantitative estimate of drug-likeness (QED) is 0.884. The monoisotopic (exact) mass is 318 g/mol. The molecule has 5 nitrogen and oxygen atoms in total. The molecule has 0 aliphatic heterocycles. The first-order valence-corrected chi connectivity index (χ1v) is 8.43. The van der Waals surface area contributed by atoms with E-state index >= 15 is 0 Å². The molecule has 0 saturated carbocycles. The van der Waals surface area contributed by atoms with Crippen LogP contribution in [0.2, 0.25) is 0 Å². The Hall–Kier alpha value is -2.18. The molecule has 22 heavy (non-hydrogen) atoms. The van der Waals surface area contributed by atoms with E-state index in [2.05, 4.69) is 12.2 Å². The van der Waals surface area contributed by atoms with Crippen molar-refractivity contribution in [2.75, 3.05) is 5.32 Å². The Kier molecular flexibility index (Phi) is 4.95. The van der Waals surface area contributed by atoms with Crippen molar-refractivity contribution >= 4 is 21.6 Å². The summed E-state index contributed by atoms with van der Waals surface area (Å²) < 4.78 is 22.3. The van der Waals surface area contributed by atoms with E-state index in [9.17, 15) is 13.2 Å². The molecule has 0 radical (unpaired) electrons. The van der Waals surface area contributed by atoms with Crippen molar-refractivity contribution in [3.8, 4) is 0 Å². The second-order valence-electron chi connectivity index (χ2n) is 4.96. The van der Waals surface area contributed by atoms with Gasteiger partial charge in [0.15, 0.2) is 0 Å². The highest BCUT2D eigenvalue weighted by Crippen LogP contribution is 2.13. The van der Waals surface area contributed by atoms with E-state index in [1.807, 2.05) is 24.3 Å². The summed E-state index contributed by atoms with van der Waals surface area (Å²) in [6.07, 6.45) is 1.23. The maximum absolute atomic E-state index is 12.0. The second kappa shape index (κ2) is 6.72. The third-order valence-corrected chi connectivity index (χ3v) is 4.19. The number of primary sulfonamides is 1. The Morgan fingerprint density at radius 1 is 1.00 bits per heavy atom. The molecule has 0 aliphatic rings. The third kappa shape index (κ3) is 4.41. The van der Waals surface area contributed by atoms with Crippen molar-refractivity contribution in [3.05, 3.63) is 59.7 Å². The first-order valence-electron chi connectivity index (χ1n) is 6.89. The van der Waals surface area contributed by atoms with Crippen molar-refractivity contribution in [1.29, 1.82) is 0 Å². The summed E-state index contributed by atoms with van der Waals surface area (Å²) in [6.45, 7) is 2.08. The van der Waals surface area contributed by atoms with Crippen molar-refractivity contribution in [1.82, 2.24) is 0 Å². The maximum Gasteiger partial charge on any atom is 0.238 e. The van der Waals surface area contributed by atoms with Gasteiger partial charge in [-0.25, -0.2) is 13.6 Å². The van der Waals surface area contributed by atoms with Crippen LogP contribution in [0.1, 0.15) is 18.1 Å². The van der Waals surface area contributed by atoms with Gasteiger partial charge in [0.25, 0.3) is 0 Å². The lowest BCUT2D eigenvalue weighted by atomic mass is 10.1. The van der Waals surface area contributed by atoms with Crippen LogP contribution in [0.5, 0.6) is 0 Å². The zero-order valence-electron chi connectivity index (χ0n) is 12.2. The smallest absolute Gasteiger partial charge is 0.238 e. The minimum atomic E-state index is -3.72. The topological polar surface area (TPSA) is 89.3 Å². The Balaban J connectivity index is 1.99. The molecule has 0 spiro atoms. The van der Waals surface area contributed by atoms with Gasteiger partial charge in [-0.1, -0.05) is 31.2 Å². The van der Waals surface area contributed by atoms with Crippen LogP contribution in [-0.2, 0) is 27.7 Å². The number of hydrogen-bond donors (Lipinski definition) is 2. The van der Waals surface area contributed by atoms with Crippen molar-refractivity contribution in [3.63, 3.8) is 0 Å². The van der Waals surface area contributed by atoms with Crippen LogP contribution in [-0.4, -0.2) is 14.3 Å². The summed E-state index contributed by atoms with van der Waals surface area (Å²) >= 11 is 0. The number of anilines is 1. The number of sulfonamides is 1. The zero-order valence-corrected chi connectivity index (χ0v) is 13.1. The molecule has 3 N–H and O–H groups in total. The summed E-state index contributed by atoms with van der Waals surface area (Å²) in [5.41, 5.74) is 2.68. The number of benzene rings is 2. The number of amides is 1. The van der Waals surface area contributed by atoms with Crippen molar-refractivity contribution in [2.24, 2.45) is 5.14 Å². The SMILES string of the molecule is CCc1ccc(CC(=O)Nc2ccc(S(N)(=O)=O)cc2)cc1. The molecule has 6 heteroatoms. The van der Waals surface area contributed by atoms with Crippen molar-refractivity contribution in [2.45, 2.75) is 24.7 Å². The number of nitrogens with one attached hydrogen (secondary N) is 1. The molecule has 0 bridgehead atoms. The molecule has 0 saturated heterocycles. The average molecular weight is 318 g/mol. The molecular weight excluding hydrogens is 300 g/mol. The number of aryl methyl sites for hydroxylation is 1. The fourth-order valence-electron chi connectivity index (χ4n) is 2.01. The molecule has 0 heterocycles. The Morgan fingerprint density at radius 3 is 2.05 bits per heavy atom. The lowest BCUT2D eigenvalue weighted by Crippen LogP contribution is -2.15. The molecule has 0 atom stereocenters. The van der Waals surface area contributed by atoms with E-state index in [0.717, 1.165) is 12.0 Å². The normalized spacial score (nSPS) is 11.2. The largest absolute Gasteiger partial charge is 0.326 e. The van der Waals surface area contributed by atoms with Crippen LogP contribution < -0.4 is 10.5 Å². The number of rotatable bonds is 5. The number of hydrogen-bond acceptors (Lipinski definition) is 3. The fourth-order valence-corrected chi connectivity index (χ4v) is 2.53. The van der Waals surface area contributed by atoms with E-state index in [0.29, 0.717) is 5.69 Å². The van der Waals surface area contributed by atoms with Gasteiger partial charge in [-0.05, 0) is 41.8 Å². The van der Waals surface area contributed by atoms with Gasteiger partial charge in [0.05, 0.1) is 11.3 Å². The fraction of sp³-hybridized carbons (Fsp3) is 0.188. The number of nitrogens with two attached hydrogens (primary N) is 1. The van der Waals surface area contributed by atoms with E-state index in [1.165, 1.54) is 29.8 Å². The van der Waals surface area contributed by atoms with Crippen molar-refractivity contribution < 1.29 is 13.2 Å². The molecule has 0 aromatic heterocycles. The van der Waals surface area contributed by atoms with Crippen LogP contribution in [0, 0.1) is 0 Å². The molecule has 2 aromatic rings. The Labute approximate surface area is 130 Å². The summed E-state index contributed by atoms with van der Waals surface area (Å²) in [4.78, 5) is 12.0. The van der Waals surface area contributed by atoms with E-state index in [4.69, 9.17) is 5.14 Å². The summed E-state index contributed by atoms with van der Waals surface area (Å²) in [5.74, 6) is -0.160. The number of carbonyl (C=O) groups is 1. The number of carbonyl (C=O) groups excluding carboxylic acids is 1. The average Bonchev–Trinajstić information content (AvgIpc) is 2.47. The van der Waals surface area contributed by atoms with Crippen LogP contribution >= 0.6 is 0 Å². The molecule has 2 aromatic carbocycles. The van der Waals surface area contributed by atoms with E-state index in [1.54, 1.807) is 0 Å². The minimum Gasteiger partial charge on any atom is -0.326 e. The van der Waals surface area contributed by atoms with Gasteiger partial charge >= 0.3 is 0 Å². The molecular formula is C16H18N2O3S. The Bertz CT molecular complexity index is 751. The van der Waals surface area contributed by atoms with Crippen LogP contribution in [0.4, 0.5) is 5.69 Å². The second-order valence-corrected chi connectivity index (χ2v) is 6.53. The zero-order chi connectivity index (χ0) is 16.2. The standard InChI is InChI=1S/C16H18N2O3S/c1-2-12-3-5-13(6-4-12)11-16(19)18-14-7-9-15(10-8-14)22(17,20)21/h3-10H,2,11H2,1H3,(H,18,19)(H2,17,20,21). The van der Waals surface area contributed by atoms with Crippen LogP contribution in [0.3, 0.4) is 0 Å². The van der Waals surface area contributed by atoms with Crippen LogP contribution in [0.15, 0.2) is 53.4 Å². The lowest BCUT2D eigenvalue weighted by Gasteiger charge is -2.07. The molecule has 116 valence electrons. The predicted octanol–water partition coefficient (Wildman–Crippen LogP) is 2.08. The molecule has 2 rings (SSSR count). The summed E-state index contributed by atoms with van der Waals surface area (Å²) in [5, 5.41) is 7.74. The highest BCUT2D eigenvalue weighted by Gasteiger charge is 2.08. The molecule has 1 amide bonds. The maximum atomic E-state index is 12.0. The Morgan fingerprint density at radius 2 is 1.55 bits per heavy atom. The highest BCUT2D eigenvalue weighted by molar-refractivity contribution is 7.89. The van der Waals surface area contributed by atoms with Gasteiger partial charge in [0, 0.05) is 5.69 Å². The minimum absolute atomic E-state index is 0.0145. The van der Waals surface area contributed by atoms with Gasteiger partial charge < -0.3 is 5.32 Å². The summed E-state index contributed by atoms with van der Waals surface area (Å²) in [6, 6.07) is 13.6. The van der Waals surface area contributed by atoms with Crippen LogP contribution in [0.25, 0.3) is 0 Å². The highest BCUT2D eigenvalue weighted by atomic mass is 32.2.